The summed E-state index contributed by atoms with van der Waals surface area (Å²) in [5.74, 6) is -1.12. The molecule has 0 spiro atoms. The van der Waals surface area contributed by atoms with Crippen LogP contribution in [0.25, 0.3) is 0 Å². The monoisotopic (exact) mass is 263 g/mol. The normalized spacial score (nSPS) is 24.9. The van der Waals surface area contributed by atoms with Gasteiger partial charge >= 0.3 is 5.97 Å². The van der Waals surface area contributed by atoms with E-state index in [9.17, 15) is 14.3 Å². The lowest BCUT2D eigenvalue weighted by atomic mass is 10.0. The first-order chi connectivity index (χ1) is 7.76. The minimum absolute atomic E-state index is 0.0109. The van der Waals surface area contributed by atoms with Gasteiger partial charge in [0.05, 0.1) is 0 Å². The molecule has 2 atom stereocenters. The highest BCUT2D eigenvalue weighted by Crippen LogP contribution is 2.52. The Morgan fingerprint density at radius 2 is 1.94 bits per heavy atom. The zero-order valence-electron chi connectivity index (χ0n) is 10.3. The van der Waals surface area contributed by atoms with Crippen molar-refractivity contribution in [3.63, 3.8) is 0 Å². The van der Waals surface area contributed by atoms with E-state index in [1.54, 1.807) is 0 Å². The molecule has 17 heavy (non-hydrogen) atoms. The Balaban J connectivity index is 2.54. The maximum absolute atomic E-state index is 12.1. The molecule has 6 heteroatoms. The van der Waals surface area contributed by atoms with Crippen molar-refractivity contribution in [1.29, 1.82) is 0 Å². The van der Waals surface area contributed by atoms with Crippen LogP contribution >= 0.6 is 7.37 Å². The molecule has 4 N–H and O–H groups in total. The summed E-state index contributed by atoms with van der Waals surface area (Å²) in [5.41, 5.74) is 4.00. The maximum Gasteiger partial charge on any atom is 0.323 e. The Kier molecular flexibility index (Phi) is 4.76. The van der Waals surface area contributed by atoms with Crippen LogP contribution < -0.4 is 5.73 Å². The van der Waals surface area contributed by atoms with Gasteiger partial charge in [0.1, 0.15) is 5.54 Å². The van der Waals surface area contributed by atoms with Gasteiger partial charge in [0.25, 0.3) is 0 Å². The Bertz CT molecular complexity index is 323. The number of hydrogen-bond donors (Lipinski definition) is 3. The molecule has 0 bridgehead atoms. The van der Waals surface area contributed by atoms with Crippen LogP contribution in [-0.4, -0.2) is 33.3 Å². The molecule has 0 aromatic heterocycles. The van der Waals surface area contributed by atoms with Crippen molar-refractivity contribution in [1.82, 2.24) is 0 Å². The highest BCUT2D eigenvalue weighted by molar-refractivity contribution is 7.58. The Labute approximate surface area is 102 Å². The average Bonchev–Trinajstić information content (AvgIpc) is 2.28. The van der Waals surface area contributed by atoms with E-state index in [1.165, 1.54) is 6.92 Å². The Hall–Kier alpha value is -0.380. The molecule has 0 heterocycles. The van der Waals surface area contributed by atoms with Crippen LogP contribution in [0.5, 0.6) is 0 Å². The van der Waals surface area contributed by atoms with Gasteiger partial charge in [-0.05, 0) is 26.2 Å². The number of carboxylic acids is 1. The molecule has 5 nitrogen and oxygen atoms in total. The third-order valence-electron chi connectivity index (χ3n) is 3.59. The van der Waals surface area contributed by atoms with Crippen LogP contribution in [-0.2, 0) is 9.36 Å². The van der Waals surface area contributed by atoms with Crippen molar-refractivity contribution >= 4 is 13.3 Å². The van der Waals surface area contributed by atoms with E-state index in [4.69, 9.17) is 10.8 Å². The van der Waals surface area contributed by atoms with Gasteiger partial charge in [-0.2, -0.15) is 0 Å². The Morgan fingerprint density at radius 1 is 1.41 bits per heavy atom. The summed E-state index contributed by atoms with van der Waals surface area (Å²) in [6.07, 6.45) is 4.73. The first-order valence-electron chi connectivity index (χ1n) is 6.09. The molecule has 1 aliphatic rings. The van der Waals surface area contributed by atoms with Gasteiger partial charge in [0.15, 0.2) is 0 Å². The molecule has 1 rings (SSSR count). The quantitative estimate of drug-likeness (QED) is 0.656. The van der Waals surface area contributed by atoms with E-state index >= 15 is 0 Å². The second-order valence-electron chi connectivity index (χ2n) is 5.24. The van der Waals surface area contributed by atoms with Gasteiger partial charge in [-0.25, -0.2) is 0 Å². The van der Waals surface area contributed by atoms with Crippen LogP contribution in [0.1, 0.15) is 45.4 Å². The van der Waals surface area contributed by atoms with E-state index in [0.29, 0.717) is 0 Å². The number of carboxylic acid groups (broad SMARTS) is 1. The average molecular weight is 263 g/mol. The second kappa shape index (κ2) is 5.51. The molecular weight excluding hydrogens is 241 g/mol. The van der Waals surface area contributed by atoms with Crippen LogP contribution in [0.4, 0.5) is 0 Å². The molecule has 0 amide bonds. The molecule has 0 aromatic carbocycles. The molecule has 0 radical (unpaired) electrons. The molecule has 0 aliphatic heterocycles. The van der Waals surface area contributed by atoms with Crippen molar-refractivity contribution in [2.45, 2.75) is 56.6 Å². The predicted octanol–water partition coefficient (Wildman–Crippen LogP) is 1.78. The largest absolute Gasteiger partial charge is 0.480 e. The van der Waals surface area contributed by atoms with Crippen molar-refractivity contribution in [2.24, 2.45) is 5.73 Å². The fourth-order valence-electron chi connectivity index (χ4n) is 2.17. The van der Waals surface area contributed by atoms with Gasteiger partial charge in [-0.3, -0.25) is 9.36 Å². The number of carbonyl (C=O) groups is 1. The van der Waals surface area contributed by atoms with Gasteiger partial charge in [0, 0.05) is 11.8 Å². The molecule has 100 valence electrons. The Morgan fingerprint density at radius 3 is 2.41 bits per heavy atom. The first kappa shape index (κ1) is 14.7. The highest BCUT2D eigenvalue weighted by Gasteiger charge is 2.36. The van der Waals surface area contributed by atoms with E-state index in [1.807, 2.05) is 0 Å². The van der Waals surface area contributed by atoms with Gasteiger partial charge in [0.2, 0.25) is 7.37 Å². The molecule has 1 unspecified atom stereocenters. The van der Waals surface area contributed by atoms with Crippen molar-refractivity contribution in [3.8, 4) is 0 Å². The summed E-state index contributed by atoms with van der Waals surface area (Å²) >= 11 is 0. The van der Waals surface area contributed by atoms with Gasteiger partial charge in [-0.1, -0.05) is 19.3 Å². The fraction of sp³-hybridized carbons (Fsp3) is 0.909. The first-order valence-corrected chi connectivity index (χ1v) is 8.01. The van der Waals surface area contributed by atoms with Gasteiger partial charge in [-0.15, -0.1) is 0 Å². The standard InChI is InChI=1S/C11H22NO4P/c1-11(12,10(13)14)7-8-17(15,16)9-5-3-2-4-6-9/h9H,2-8,12H2,1H3,(H,13,14)(H,15,16)/t11-/m0/s1. The van der Waals surface area contributed by atoms with Crippen LogP contribution in [0.15, 0.2) is 0 Å². The van der Waals surface area contributed by atoms with Crippen molar-refractivity contribution in [3.05, 3.63) is 0 Å². The summed E-state index contributed by atoms with van der Waals surface area (Å²) in [5, 5.41) is 8.85. The lowest BCUT2D eigenvalue weighted by Crippen LogP contribution is -2.45. The van der Waals surface area contributed by atoms with Crippen LogP contribution in [0.3, 0.4) is 0 Å². The fourth-order valence-corrected chi connectivity index (χ4v) is 4.49. The van der Waals surface area contributed by atoms with Crippen molar-refractivity contribution < 1.29 is 19.4 Å². The molecular formula is C11H22NO4P. The topological polar surface area (TPSA) is 101 Å². The van der Waals surface area contributed by atoms with E-state index in [0.717, 1.165) is 32.1 Å². The predicted molar refractivity (Wildman–Crippen MR) is 66.4 cm³/mol. The van der Waals surface area contributed by atoms with E-state index in [2.05, 4.69) is 0 Å². The smallest absolute Gasteiger partial charge is 0.323 e. The number of hydrogen-bond acceptors (Lipinski definition) is 3. The van der Waals surface area contributed by atoms with Gasteiger partial charge < -0.3 is 15.7 Å². The van der Waals surface area contributed by atoms with E-state index < -0.39 is 18.9 Å². The van der Waals surface area contributed by atoms with Crippen molar-refractivity contribution in [2.75, 3.05) is 6.16 Å². The lowest BCUT2D eigenvalue weighted by molar-refractivity contribution is -0.142. The summed E-state index contributed by atoms with van der Waals surface area (Å²) < 4.78 is 12.1. The molecule has 1 fully saturated rings. The minimum atomic E-state index is -3.25. The van der Waals surface area contributed by atoms with Crippen LogP contribution in [0, 0.1) is 0 Å². The summed E-state index contributed by atoms with van der Waals surface area (Å²) in [6, 6.07) is 0. The molecule has 0 saturated heterocycles. The summed E-state index contributed by atoms with van der Waals surface area (Å²) in [7, 11) is -3.25. The number of nitrogens with two attached hydrogens (primary N) is 1. The summed E-state index contributed by atoms with van der Waals surface area (Å²) in [6.45, 7) is 1.39. The highest BCUT2D eigenvalue weighted by atomic mass is 31.2. The second-order valence-corrected chi connectivity index (χ2v) is 7.93. The molecule has 1 aliphatic carbocycles. The zero-order valence-corrected chi connectivity index (χ0v) is 11.2. The molecule has 1 saturated carbocycles. The van der Waals surface area contributed by atoms with Crippen LogP contribution in [0.2, 0.25) is 0 Å². The third-order valence-corrected chi connectivity index (χ3v) is 6.11. The number of aliphatic carboxylic acids is 1. The maximum atomic E-state index is 12.1. The minimum Gasteiger partial charge on any atom is -0.480 e. The van der Waals surface area contributed by atoms with E-state index in [-0.39, 0.29) is 18.2 Å². The number of rotatable bonds is 5. The summed E-state index contributed by atoms with van der Waals surface area (Å²) in [4.78, 5) is 20.8. The zero-order chi connectivity index (χ0) is 13.1. The lowest BCUT2D eigenvalue weighted by Gasteiger charge is -2.28. The SMILES string of the molecule is C[C@](N)(CCP(=O)(O)C1CCCCC1)C(=O)O. The molecule has 0 aromatic rings. The third kappa shape index (κ3) is 4.09.